The van der Waals surface area contributed by atoms with Crippen LogP contribution in [-0.2, 0) is 9.59 Å². The molecule has 0 saturated carbocycles. The van der Waals surface area contributed by atoms with Crippen molar-refractivity contribution in [3.05, 3.63) is 29.8 Å². The van der Waals surface area contributed by atoms with Gasteiger partial charge in [0.2, 0.25) is 11.6 Å². The Morgan fingerprint density at radius 2 is 1.92 bits per heavy atom. The predicted octanol–water partition coefficient (Wildman–Crippen LogP) is 2.46. The van der Waals surface area contributed by atoms with Crippen molar-refractivity contribution in [2.75, 3.05) is 19.7 Å². The second-order valence-corrected chi connectivity index (χ2v) is 6.13. The molecule has 6 nitrogen and oxygen atoms in total. The van der Waals surface area contributed by atoms with Gasteiger partial charge in [0.25, 0.3) is 0 Å². The van der Waals surface area contributed by atoms with Gasteiger partial charge in [-0.1, -0.05) is 6.92 Å². The number of carbonyl (C=O) groups is 3. The molecule has 7 heteroatoms. The lowest BCUT2D eigenvalue weighted by molar-refractivity contribution is -0.150. The average Bonchev–Trinajstić information content (AvgIpc) is 3.02. The maximum absolute atomic E-state index is 14.0. The lowest BCUT2D eigenvalue weighted by atomic mass is 10.1. The van der Waals surface area contributed by atoms with Crippen molar-refractivity contribution in [1.29, 1.82) is 0 Å². The summed E-state index contributed by atoms with van der Waals surface area (Å²) in [6.45, 7) is 2.20. The number of carboxylic acids is 1. The highest BCUT2D eigenvalue weighted by molar-refractivity contribution is 5.98. The quantitative estimate of drug-likeness (QED) is 0.728. The molecule has 25 heavy (non-hydrogen) atoms. The van der Waals surface area contributed by atoms with Gasteiger partial charge < -0.3 is 14.7 Å². The van der Waals surface area contributed by atoms with Crippen LogP contribution in [0.5, 0.6) is 5.75 Å². The molecule has 1 N–H and O–H groups in total. The molecule has 1 unspecified atom stereocenters. The lowest BCUT2D eigenvalue weighted by Crippen LogP contribution is -2.38. The molecule has 1 saturated heterocycles. The molecule has 0 aromatic heterocycles. The number of ketones is 1. The third-order valence-electron chi connectivity index (χ3n) is 4.17. The van der Waals surface area contributed by atoms with Crippen LogP contribution in [0, 0.1) is 0 Å². The monoisotopic (exact) mass is 351 g/mol. The van der Waals surface area contributed by atoms with Gasteiger partial charge in [-0.15, -0.1) is 0 Å². The van der Waals surface area contributed by atoms with E-state index in [1.165, 1.54) is 4.90 Å². The van der Waals surface area contributed by atoms with Crippen LogP contribution in [0.2, 0.25) is 0 Å². The fourth-order valence-corrected chi connectivity index (χ4v) is 2.64. The van der Waals surface area contributed by atoms with E-state index in [0.29, 0.717) is 17.9 Å². The summed E-state index contributed by atoms with van der Waals surface area (Å²) in [4.78, 5) is 36.2. The fourth-order valence-electron chi connectivity index (χ4n) is 2.64. The molecule has 1 aromatic carbocycles. The van der Waals surface area contributed by atoms with Gasteiger partial charge in [-0.3, -0.25) is 9.59 Å². The number of carboxylic acid groups (broad SMARTS) is 1. The van der Waals surface area contributed by atoms with Crippen molar-refractivity contribution < 1.29 is 28.6 Å². The number of rotatable bonds is 8. The molecule has 2 rings (SSSR count). The lowest BCUT2D eigenvalue weighted by Gasteiger charge is -2.17. The van der Waals surface area contributed by atoms with Crippen LogP contribution in [0.25, 0.3) is 0 Å². The second kappa shape index (κ2) is 8.09. The van der Waals surface area contributed by atoms with Gasteiger partial charge in [-0.2, -0.15) is 0 Å². The smallest absolute Gasteiger partial charge is 0.343 e. The van der Waals surface area contributed by atoms with Crippen LogP contribution < -0.4 is 4.74 Å². The van der Waals surface area contributed by atoms with E-state index in [0.717, 1.165) is 6.42 Å². The minimum absolute atomic E-state index is 0.00312. The van der Waals surface area contributed by atoms with Crippen LogP contribution in [-0.4, -0.2) is 53.0 Å². The van der Waals surface area contributed by atoms with Gasteiger partial charge in [0, 0.05) is 31.4 Å². The van der Waals surface area contributed by atoms with Gasteiger partial charge in [-0.05, 0) is 30.7 Å². The predicted molar refractivity (Wildman–Crippen MR) is 88.5 cm³/mol. The number of hydrogen-bond acceptors (Lipinski definition) is 4. The number of benzene rings is 1. The van der Waals surface area contributed by atoms with Gasteiger partial charge in [0.15, 0.2) is 5.78 Å². The van der Waals surface area contributed by atoms with Crippen LogP contribution in [0.15, 0.2) is 24.3 Å². The SMILES string of the molecule is CCCOc1ccc(C(=O)CCC(=O)N2CCC(F)(C(=O)O)C2)cc1. The number of nitrogens with zero attached hydrogens (tertiary/aromatic N) is 1. The summed E-state index contributed by atoms with van der Waals surface area (Å²) in [5, 5.41) is 8.84. The maximum Gasteiger partial charge on any atom is 0.343 e. The summed E-state index contributed by atoms with van der Waals surface area (Å²) in [6, 6.07) is 6.69. The topological polar surface area (TPSA) is 83.9 Å². The number of amides is 1. The standard InChI is InChI=1S/C18H22FNO5/c1-2-11-25-14-5-3-13(4-6-14)15(21)7-8-16(22)20-10-9-18(19,12-20)17(23)24/h3-6H,2,7-12H2,1H3,(H,23,24). The van der Waals surface area contributed by atoms with Crippen molar-refractivity contribution in [1.82, 2.24) is 4.90 Å². The number of Topliss-reactive ketones (excluding diaryl/α,β-unsaturated/α-hetero) is 1. The minimum atomic E-state index is -2.38. The first-order valence-corrected chi connectivity index (χ1v) is 8.32. The summed E-state index contributed by atoms with van der Waals surface area (Å²) < 4.78 is 19.4. The zero-order chi connectivity index (χ0) is 18.4. The van der Waals surface area contributed by atoms with Crippen LogP contribution in [0.4, 0.5) is 4.39 Å². The van der Waals surface area contributed by atoms with Gasteiger partial charge in [0.05, 0.1) is 13.2 Å². The molecular weight excluding hydrogens is 329 g/mol. The van der Waals surface area contributed by atoms with Crippen molar-refractivity contribution >= 4 is 17.7 Å². The van der Waals surface area contributed by atoms with E-state index >= 15 is 0 Å². The third-order valence-corrected chi connectivity index (χ3v) is 4.17. The minimum Gasteiger partial charge on any atom is -0.494 e. The molecule has 1 fully saturated rings. The van der Waals surface area contributed by atoms with Crippen molar-refractivity contribution in [3.63, 3.8) is 0 Å². The fraction of sp³-hybridized carbons (Fsp3) is 0.500. The number of carbonyl (C=O) groups excluding carboxylic acids is 2. The number of ether oxygens (including phenoxy) is 1. The van der Waals surface area contributed by atoms with Crippen molar-refractivity contribution in [2.24, 2.45) is 0 Å². The van der Waals surface area contributed by atoms with E-state index in [2.05, 4.69) is 0 Å². The summed E-state index contributed by atoms with van der Waals surface area (Å²) in [5.41, 5.74) is -1.91. The molecule has 1 aromatic rings. The summed E-state index contributed by atoms with van der Waals surface area (Å²) in [5.74, 6) is -1.47. The highest BCUT2D eigenvalue weighted by atomic mass is 19.1. The number of alkyl halides is 1. The Kier molecular flexibility index (Phi) is 6.12. The highest BCUT2D eigenvalue weighted by Gasteiger charge is 2.46. The molecule has 136 valence electrons. The van der Waals surface area contributed by atoms with Gasteiger partial charge >= 0.3 is 5.97 Å². The average molecular weight is 351 g/mol. The molecular formula is C18H22FNO5. The Balaban J connectivity index is 1.83. The van der Waals surface area contributed by atoms with Gasteiger partial charge in [0.1, 0.15) is 5.75 Å². The Morgan fingerprint density at radius 1 is 1.24 bits per heavy atom. The largest absolute Gasteiger partial charge is 0.494 e. The molecule has 1 aliphatic heterocycles. The second-order valence-electron chi connectivity index (χ2n) is 6.13. The molecule has 1 atom stereocenters. The Morgan fingerprint density at radius 3 is 2.48 bits per heavy atom. The summed E-state index contributed by atoms with van der Waals surface area (Å²) >= 11 is 0. The number of hydrogen-bond donors (Lipinski definition) is 1. The van der Waals surface area contributed by atoms with E-state index in [4.69, 9.17) is 9.84 Å². The van der Waals surface area contributed by atoms with E-state index in [1.807, 2.05) is 6.92 Å². The van der Waals surface area contributed by atoms with Crippen molar-refractivity contribution in [3.8, 4) is 5.75 Å². The maximum atomic E-state index is 14.0. The van der Waals surface area contributed by atoms with Crippen molar-refractivity contribution in [2.45, 2.75) is 38.3 Å². The first-order valence-electron chi connectivity index (χ1n) is 8.32. The molecule has 0 radical (unpaired) electrons. The highest BCUT2D eigenvalue weighted by Crippen LogP contribution is 2.26. The number of likely N-dealkylation sites (tertiary alicyclic amines) is 1. The molecule has 1 amide bonds. The first kappa shape index (κ1) is 18.9. The van der Waals surface area contributed by atoms with E-state index in [1.54, 1.807) is 24.3 Å². The van der Waals surface area contributed by atoms with E-state index < -0.39 is 24.1 Å². The third kappa shape index (κ3) is 4.78. The van der Waals surface area contributed by atoms with Crippen LogP contribution >= 0.6 is 0 Å². The van der Waals surface area contributed by atoms with Gasteiger partial charge in [-0.25, -0.2) is 9.18 Å². The zero-order valence-corrected chi connectivity index (χ0v) is 14.2. The Hall–Kier alpha value is -2.44. The Bertz CT molecular complexity index is 645. The summed E-state index contributed by atoms with van der Waals surface area (Å²) in [6.07, 6.45) is 0.599. The Labute approximate surface area is 145 Å². The first-order chi connectivity index (χ1) is 11.9. The molecule has 1 heterocycles. The molecule has 0 bridgehead atoms. The molecule has 0 aliphatic carbocycles. The van der Waals surface area contributed by atoms with E-state index in [9.17, 15) is 18.8 Å². The molecule has 0 spiro atoms. The number of aliphatic carboxylic acids is 1. The van der Waals surface area contributed by atoms with E-state index in [-0.39, 0.29) is 31.6 Å². The summed E-state index contributed by atoms with van der Waals surface area (Å²) in [7, 11) is 0. The van der Waals surface area contributed by atoms with Crippen LogP contribution in [0.1, 0.15) is 43.0 Å². The van der Waals surface area contributed by atoms with Crippen LogP contribution in [0.3, 0.4) is 0 Å². The zero-order valence-electron chi connectivity index (χ0n) is 14.2. The molecule has 1 aliphatic rings. The number of halogens is 1. The normalized spacial score (nSPS) is 19.7.